The van der Waals surface area contributed by atoms with Gasteiger partial charge in [-0.25, -0.2) is 15.0 Å². The van der Waals surface area contributed by atoms with Crippen LogP contribution in [0.2, 0.25) is 0 Å². The quantitative estimate of drug-likeness (QED) is 0.484. The second-order valence-electron chi connectivity index (χ2n) is 6.74. The van der Waals surface area contributed by atoms with Crippen LogP contribution >= 0.6 is 0 Å². The van der Waals surface area contributed by atoms with E-state index in [1.807, 2.05) is 0 Å². The van der Waals surface area contributed by atoms with Crippen LogP contribution in [0.15, 0.2) is 12.7 Å². The van der Waals surface area contributed by atoms with Crippen LogP contribution in [-0.4, -0.2) is 68.3 Å². The average Bonchev–Trinajstić information content (AvgIpc) is 3.22. The molecule has 2 aromatic heterocycles. The molecule has 13 nitrogen and oxygen atoms in total. The molecule has 1 aliphatic heterocycles. The van der Waals surface area contributed by atoms with Gasteiger partial charge in [-0.1, -0.05) is 0 Å². The summed E-state index contributed by atoms with van der Waals surface area (Å²) in [6, 6.07) is 0. The summed E-state index contributed by atoms with van der Waals surface area (Å²) >= 11 is 0. The van der Waals surface area contributed by atoms with Crippen LogP contribution in [0.4, 0.5) is 5.82 Å². The highest BCUT2D eigenvalue weighted by molar-refractivity contribution is 5.95. The molecular formula is C18H21N5O8. The maximum atomic E-state index is 11.8. The van der Waals surface area contributed by atoms with Crippen LogP contribution in [0.3, 0.4) is 0 Å². The number of rotatable bonds is 6. The molecule has 31 heavy (non-hydrogen) atoms. The highest BCUT2D eigenvalue weighted by atomic mass is 16.7. The fourth-order valence-electron chi connectivity index (χ4n) is 3.21. The van der Waals surface area contributed by atoms with E-state index in [1.165, 1.54) is 44.9 Å². The molecule has 4 atom stereocenters. The lowest BCUT2D eigenvalue weighted by Crippen LogP contribution is -2.40. The molecule has 1 N–H and O–H groups in total. The van der Waals surface area contributed by atoms with Crippen LogP contribution in [0.5, 0.6) is 0 Å². The van der Waals surface area contributed by atoms with Crippen LogP contribution in [-0.2, 0) is 38.1 Å². The van der Waals surface area contributed by atoms with Gasteiger partial charge in [0.15, 0.2) is 35.4 Å². The lowest BCUT2D eigenvalue weighted by Gasteiger charge is -2.23. The Bertz CT molecular complexity index is 1020. The third-order valence-electron chi connectivity index (χ3n) is 4.27. The SMILES string of the molecule is CC(=O)Nc1ncnc2c1ncn2C1OC(COC(C)=O)C(OC(C)=O)C1OC(C)=O. The molecule has 0 aromatic carbocycles. The van der Waals surface area contributed by atoms with Gasteiger partial charge in [-0.2, -0.15) is 0 Å². The smallest absolute Gasteiger partial charge is 0.303 e. The zero-order valence-corrected chi connectivity index (χ0v) is 17.2. The van der Waals surface area contributed by atoms with E-state index >= 15 is 0 Å². The van der Waals surface area contributed by atoms with Crippen LogP contribution in [0.25, 0.3) is 11.2 Å². The predicted octanol–water partition coefficient (Wildman–Crippen LogP) is 0.109. The molecule has 0 radical (unpaired) electrons. The van der Waals surface area contributed by atoms with E-state index in [0.717, 1.165) is 0 Å². The number of carbonyl (C=O) groups is 4. The van der Waals surface area contributed by atoms with Crippen molar-refractivity contribution in [3.63, 3.8) is 0 Å². The normalized spacial score (nSPS) is 22.7. The number of ether oxygens (including phenoxy) is 4. The summed E-state index contributed by atoms with van der Waals surface area (Å²) in [5.41, 5.74) is 0.547. The Morgan fingerprint density at radius 3 is 2.29 bits per heavy atom. The number of amides is 1. The van der Waals surface area contributed by atoms with Crippen molar-refractivity contribution in [2.75, 3.05) is 11.9 Å². The molecule has 1 amide bonds. The predicted molar refractivity (Wildman–Crippen MR) is 101 cm³/mol. The van der Waals surface area contributed by atoms with Gasteiger partial charge in [0.1, 0.15) is 19.0 Å². The number of hydrogen-bond donors (Lipinski definition) is 1. The van der Waals surface area contributed by atoms with Gasteiger partial charge in [0, 0.05) is 27.7 Å². The van der Waals surface area contributed by atoms with E-state index in [-0.39, 0.29) is 29.5 Å². The van der Waals surface area contributed by atoms with Gasteiger partial charge >= 0.3 is 17.9 Å². The molecule has 13 heteroatoms. The maximum absolute atomic E-state index is 11.8. The van der Waals surface area contributed by atoms with E-state index in [0.29, 0.717) is 0 Å². The van der Waals surface area contributed by atoms with Gasteiger partial charge in [0.25, 0.3) is 0 Å². The first-order valence-corrected chi connectivity index (χ1v) is 9.25. The van der Waals surface area contributed by atoms with E-state index in [1.54, 1.807) is 0 Å². The first-order valence-electron chi connectivity index (χ1n) is 9.25. The molecule has 166 valence electrons. The molecule has 1 aliphatic rings. The summed E-state index contributed by atoms with van der Waals surface area (Å²) in [6.07, 6.45) is -1.49. The average molecular weight is 435 g/mol. The van der Waals surface area contributed by atoms with Crippen molar-refractivity contribution >= 4 is 40.8 Å². The monoisotopic (exact) mass is 435 g/mol. The number of esters is 3. The van der Waals surface area contributed by atoms with Gasteiger partial charge in [-0.05, 0) is 0 Å². The van der Waals surface area contributed by atoms with Gasteiger partial charge in [-0.15, -0.1) is 0 Å². The standard InChI is InChI=1S/C18H21N5O8/c1-8(24)22-16-13-17(20-6-19-16)23(7-21-13)18-15(30-11(4)27)14(29-10(3)26)12(31-18)5-28-9(2)25/h6-7,12,14-15,18H,5H2,1-4H3,(H,19,20,22,24). The first-order chi connectivity index (χ1) is 14.7. The van der Waals surface area contributed by atoms with E-state index in [9.17, 15) is 19.2 Å². The van der Waals surface area contributed by atoms with Crippen molar-refractivity contribution in [1.82, 2.24) is 19.5 Å². The van der Waals surface area contributed by atoms with Gasteiger partial charge in [-0.3, -0.25) is 23.7 Å². The molecule has 0 spiro atoms. The lowest BCUT2D eigenvalue weighted by atomic mass is 10.1. The molecule has 0 saturated carbocycles. The Morgan fingerprint density at radius 2 is 1.68 bits per heavy atom. The topological polar surface area (TPSA) is 161 Å². The minimum absolute atomic E-state index is 0.186. The number of anilines is 1. The number of imidazole rings is 1. The van der Waals surface area contributed by atoms with Crippen LogP contribution in [0, 0.1) is 0 Å². The molecule has 0 bridgehead atoms. The van der Waals surface area contributed by atoms with Crippen molar-refractivity contribution in [1.29, 1.82) is 0 Å². The number of carbonyl (C=O) groups excluding carboxylic acids is 4. The first kappa shape index (κ1) is 22.1. The Kier molecular flexibility index (Phi) is 6.44. The van der Waals surface area contributed by atoms with E-state index in [2.05, 4.69) is 20.3 Å². The molecular weight excluding hydrogens is 414 g/mol. The molecule has 3 heterocycles. The highest BCUT2D eigenvalue weighted by Gasteiger charge is 2.51. The number of nitrogens with zero attached hydrogens (tertiary/aromatic N) is 4. The van der Waals surface area contributed by atoms with Crippen LogP contribution < -0.4 is 5.32 Å². The van der Waals surface area contributed by atoms with Crippen molar-refractivity contribution in [3.05, 3.63) is 12.7 Å². The molecule has 1 fully saturated rings. The Hall–Kier alpha value is -3.61. The summed E-state index contributed by atoms with van der Waals surface area (Å²) in [5.74, 6) is -1.99. The Balaban J connectivity index is 2.02. The summed E-state index contributed by atoms with van der Waals surface area (Å²) < 4.78 is 23.2. The molecule has 1 saturated heterocycles. The minimum atomic E-state index is -1.08. The summed E-state index contributed by atoms with van der Waals surface area (Å²) in [4.78, 5) is 58.5. The van der Waals surface area contributed by atoms with Gasteiger partial charge in [0.05, 0.1) is 6.33 Å². The number of nitrogens with one attached hydrogen (secondary N) is 1. The fraction of sp³-hybridized carbons (Fsp3) is 0.500. The number of fused-ring (bicyclic) bond motifs is 1. The third-order valence-corrected chi connectivity index (χ3v) is 4.27. The Morgan fingerprint density at radius 1 is 1.00 bits per heavy atom. The second kappa shape index (κ2) is 9.04. The van der Waals surface area contributed by atoms with Crippen molar-refractivity contribution in [2.45, 2.75) is 52.2 Å². The molecule has 0 aliphatic carbocycles. The highest BCUT2D eigenvalue weighted by Crippen LogP contribution is 2.36. The van der Waals surface area contributed by atoms with Crippen molar-refractivity contribution in [2.24, 2.45) is 0 Å². The zero-order chi connectivity index (χ0) is 22.7. The summed E-state index contributed by atoms with van der Waals surface area (Å²) in [7, 11) is 0. The van der Waals surface area contributed by atoms with E-state index in [4.69, 9.17) is 18.9 Å². The largest absolute Gasteiger partial charge is 0.463 e. The number of aromatic nitrogens is 4. The van der Waals surface area contributed by atoms with Crippen molar-refractivity contribution < 1.29 is 38.1 Å². The van der Waals surface area contributed by atoms with Gasteiger partial charge in [0.2, 0.25) is 5.91 Å². The van der Waals surface area contributed by atoms with Gasteiger partial charge < -0.3 is 24.3 Å². The molecule has 4 unspecified atom stereocenters. The third kappa shape index (κ3) is 4.94. The lowest BCUT2D eigenvalue weighted by molar-refractivity contribution is -0.166. The number of hydrogen-bond acceptors (Lipinski definition) is 11. The second-order valence-corrected chi connectivity index (χ2v) is 6.74. The zero-order valence-electron chi connectivity index (χ0n) is 17.2. The van der Waals surface area contributed by atoms with Crippen molar-refractivity contribution in [3.8, 4) is 0 Å². The molecule has 3 rings (SSSR count). The molecule has 2 aromatic rings. The maximum Gasteiger partial charge on any atom is 0.303 e. The van der Waals surface area contributed by atoms with Crippen LogP contribution in [0.1, 0.15) is 33.9 Å². The Labute approximate surface area is 176 Å². The fourth-order valence-corrected chi connectivity index (χ4v) is 3.21. The summed E-state index contributed by atoms with van der Waals surface area (Å²) in [6.45, 7) is 4.71. The minimum Gasteiger partial charge on any atom is -0.463 e. The summed E-state index contributed by atoms with van der Waals surface area (Å²) in [5, 5.41) is 2.55. The van der Waals surface area contributed by atoms with E-state index < -0.39 is 42.4 Å².